The van der Waals surface area contributed by atoms with Crippen molar-refractivity contribution in [1.82, 2.24) is 9.80 Å². The van der Waals surface area contributed by atoms with Gasteiger partial charge in [-0.2, -0.15) is 0 Å². The molecule has 2 aliphatic heterocycles. The topological polar surface area (TPSA) is 6.48 Å². The molecule has 2 aliphatic rings. The molecule has 0 aliphatic carbocycles. The molecule has 2 heteroatoms. The van der Waals surface area contributed by atoms with Gasteiger partial charge in [-0.3, -0.25) is 9.80 Å². The quantitative estimate of drug-likeness (QED) is 0.449. The van der Waals surface area contributed by atoms with Crippen LogP contribution in [0.2, 0.25) is 0 Å². The molecular formula is C29H48N2. The maximum atomic E-state index is 2.80. The molecule has 0 amide bonds. The van der Waals surface area contributed by atoms with Gasteiger partial charge in [0.25, 0.3) is 0 Å². The fraction of sp³-hybridized carbons (Fsp3) is 0.724. The van der Waals surface area contributed by atoms with Crippen molar-refractivity contribution in [3.05, 3.63) is 47.0 Å². The zero-order valence-corrected chi connectivity index (χ0v) is 21.9. The first-order chi connectivity index (χ1) is 14.3. The Labute approximate surface area is 193 Å². The molecule has 0 N–H and O–H groups in total. The van der Waals surface area contributed by atoms with Crippen LogP contribution in [0.15, 0.2) is 41.5 Å². The summed E-state index contributed by atoms with van der Waals surface area (Å²) in [5.74, 6) is 0. The SMILES string of the molecule is CCCCN1C(C)(C)CC(=C2CC(C)(C)N(Cc3ccccc3)C(C)(C)C2)CC1(C)C. The lowest BCUT2D eigenvalue weighted by Crippen LogP contribution is -2.61. The smallest absolute Gasteiger partial charge is 0.0244 e. The van der Waals surface area contributed by atoms with E-state index in [-0.39, 0.29) is 22.2 Å². The highest BCUT2D eigenvalue weighted by atomic mass is 15.3. The zero-order valence-electron chi connectivity index (χ0n) is 21.9. The maximum Gasteiger partial charge on any atom is 0.0244 e. The number of piperidine rings is 2. The summed E-state index contributed by atoms with van der Waals surface area (Å²) >= 11 is 0. The molecule has 0 atom stereocenters. The van der Waals surface area contributed by atoms with Gasteiger partial charge in [0.05, 0.1) is 0 Å². The molecule has 0 aromatic heterocycles. The summed E-state index contributed by atoms with van der Waals surface area (Å²) in [6.07, 6.45) is 7.41. The van der Waals surface area contributed by atoms with E-state index in [1.54, 1.807) is 11.1 Å². The Balaban J connectivity index is 1.89. The Morgan fingerprint density at radius 1 is 0.645 bits per heavy atom. The molecule has 1 aromatic rings. The zero-order chi connectivity index (χ0) is 23.1. The third-order valence-electron chi connectivity index (χ3n) is 7.93. The first kappa shape index (κ1) is 24.5. The van der Waals surface area contributed by atoms with Crippen LogP contribution in [0.25, 0.3) is 0 Å². The van der Waals surface area contributed by atoms with E-state index >= 15 is 0 Å². The Kier molecular flexibility index (Phi) is 6.86. The number of likely N-dealkylation sites (tertiary alicyclic amines) is 2. The second-order valence-electron chi connectivity index (χ2n) is 12.7. The number of hydrogen-bond acceptors (Lipinski definition) is 2. The molecular weight excluding hydrogens is 376 g/mol. The van der Waals surface area contributed by atoms with Gasteiger partial charge in [0.1, 0.15) is 0 Å². The highest BCUT2D eigenvalue weighted by molar-refractivity contribution is 5.29. The number of nitrogens with zero attached hydrogens (tertiary/aromatic N) is 2. The van der Waals surface area contributed by atoms with Gasteiger partial charge >= 0.3 is 0 Å². The van der Waals surface area contributed by atoms with E-state index in [2.05, 4.69) is 102 Å². The van der Waals surface area contributed by atoms with Crippen LogP contribution in [0.1, 0.15) is 106 Å². The number of hydrogen-bond donors (Lipinski definition) is 0. The summed E-state index contributed by atoms with van der Waals surface area (Å²) in [6, 6.07) is 11.0. The van der Waals surface area contributed by atoms with E-state index in [4.69, 9.17) is 0 Å². The minimum atomic E-state index is 0.160. The highest BCUT2D eigenvalue weighted by Crippen LogP contribution is 2.48. The summed E-state index contributed by atoms with van der Waals surface area (Å²) in [5, 5.41) is 0. The lowest BCUT2D eigenvalue weighted by molar-refractivity contribution is -0.0224. The second-order valence-corrected chi connectivity index (χ2v) is 12.7. The molecule has 2 fully saturated rings. The summed E-state index contributed by atoms with van der Waals surface area (Å²) in [7, 11) is 0. The standard InChI is InChI=1S/C29H48N2/c1-10-11-17-30-26(2,3)18-24(19-27(30,4)5)25-20-28(6,7)31(29(8,9)21-25)22-23-15-13-12-14-16-23/h12-16H,10-11,17-22H2,1-9H3. The van der Waals surface area contributed by atoms with Crippen molar-refractivity contribution in [2.75, 3.05) is 6.54 Å². The molecule has 174 valence electrons. The second kappa shape index (κ2) is 8.67. The predicted molar refractivity (Wildman–Crippen MR) is 135 cm³/mol. The van der Waals surface area contributed by atoms with Gasteiger partial charge < -0.3 is 0 Å². The number of benzene rings is 1. The third kappa shape index (κ3) is 5.28. The van der Waals surface area contributed by atoms with E-state index in [1.165, 1.54) is 50.6 Å². The molecule has 0 bridgehead atoms. The number of unbranched alkanes of at least 4 members (excludes halogenated alkanes) is 1. The number of rotatable bonds is 5. The Morgan fingerprint density at radius 2 is 1.06 bits per heavy atom. The van der Waals surface area contributed by atoms with E-state index in [9.17, 15) is 0 Å². The molecule has 2 saturated heterocycles. The molecule has 0 unspecified atom stereocenters. The maximum absolute atomic E-state index is 2.80. The van der Waals surface area contributed by atoms with Crippen molar-refractivity contribution in [3.63, 3.8) is 0 Å². The monoisotopic (exact) mass is 424 g/mol. The fourth-order valence-electron chi connectivity index (χ4n) is 6.85. The van der Waals surface area contributed by atoms with Crippen LogP contribution in [0.4, 0.5) is 0 Å². The molecule has 0 spiro atoms. The lowest BCUT2D eigenvalue weighted by atomic mass is 9.69. The van der Waals surface area contributed by atoms with Gasteiger partial charge in [-0.25, -0.2) is 0 Å². The van der Waals surface area contributed by atoms with E-state index in [1.807, 2.05) is 0 Å². The van der Waals surface area contributed by atoms with Gasteiger partial charge in [0.15, 0.2) is 0 Å². The van der Waals surface area contributed by atoms with Crippen LogP contribution >= 0.6 is 0 Å². The molecule has 0 saturated carbocycles. The van der Waals surface area contributed by atoms with Crippen molar-refractivity contribution in [2.45, 2.75) is 130 Å². The van der Waals surface area contributed by atoms with Crippen molar-refractivity contribution < 1.29 is 0 Å². The van der Waals surface area contributed by atoms with Crippen LogP contribution in [0.3, 0.4) is 0 Å². The normalized spacial score (nSPS) is 25.6. The van der Waals surface area contributed by atoms with Crippen molar-refractivity contribution in [1.29, 1.82) is 0 Å². The molecule has 2 nitrogen and oxygen atoms in total. The van der Waals surface area contributed by atoms with Crippen molar-refractivity contribution in [2.24, 2.45) is 0 Å². The average molecular weight is 425 g/mol. The van der Waals surface area contributed by atoms with E-state index in [0.29, 0.717) is 0 Å². The van der Waals surface area contributed by atoms with Gasteiger partial charge in [0, 0.05) is 28.7 Å². The largest absolute Gasteiger partial charge is 0.292 e. The van der Waals surface area contributed by atoms with Gasteiger partial charge in [-0.05, 0) is 99.6 Å². The fourth-order valence-corrected chi connectivity index (χ4v) is 6.85. The Hall–Kier alpha value is -1.12. The molecule has 2 heterocycles. The van der Waals surface area contributed by atoms with Crippen LogP contribution in [0, 0.1) is 0 Å². The molecule has 3 rings (SSSR count). The van der Waals surface area contributed by atoms with Crippen LogP contribution < -0.4 is 0 Å². The molecule has 1 aromatic carbocycles. The highest BCUT2D eigenvalue weighted by Gasteiger charge is 2.47. The minimum Gasteiger partial charge on any atom is -0.292 e. The average Bonchev–Trinajstić information content (AvgIpc) is 2.63. The van der Waals surface area contributed by atoms with Gasteiger partial charge in [-0.15, -0.1) is 0 Å². The van der Waals surface area contributed by atoms with Gasteiger partial charge in [0.2, 0.25) is 0 Å². The summed E-state index contributed by atoms with van der Waals surface area (Å²) < 4.78 is 0. The van der Waals surface area contributed by atoms with Crippen LogP contribution in [-0.4, -0.2) is 38.5 Å². The molecule has 0 radical (unpaired) electrons. The van der Waals surface area contributed by atoms with E-state index in [0.717, 1.165) is 6.54 Å². The van der Waals surface area contributed by atoms with E-state index < -0.39 is 0 Å². The van der Waals surface area contributed by atoms with Crippen molar-refractivity contribution in [3.8, 4) is 0 Å². The first-order valence-corrected chi connectivity index (χ1v) is 12.6. The molecule has 31 heavy (non-hydrogen) atoms. The van der Waals surface area contributed by atoms with Crippen LogP contribution in [0.5, 0.6) is 0 Å². The Bertz CT molecular complexity index is 742. The first-order valence-electron chi connectivity index (χ1n) is 12.6. The predicted octanol–water partition coefficient (Wildman–Crippen LogP) is 7.59. The third-order valence-corrected chi connectivity index (χ3v) is 7.93. The van der Waals surface area contributed by atoms with Crippen LogP contribution in [-0.2, 0) is 6.54 Å². The minimum absolute atomic E-state index is 0.160. The van der Waals surface area contributed by atoms with Gasteiger partial charge in [-0.1, -0.05) is 54.8 Å². The summed E-state index contributed by atoms with van der Waals surface area (Å²) in [4.78, 5) is 5.56. The lowest BCUT2D eigenvalue weighted by Gasteiger charge is -2.57. The summed E-state index contributed by atoms with van der Waals surface area (Å²) in [6.45, 7) is 24.3. The van der Waals surface area contributed by atoms with Crippen molar-refractivity contribution >= 4 is 0 Å². The summed E-state index contributed by atoms with van der Waals surface area (Å²) in [5.41, 5.74) is 5.70. The Morgan fingerprint density at radius 3 is 1.48 bits per heavy atom.